The molecule has 3 rings (SSSR count). The smallest absolute Gasteiger partial charge is 0.422 e. The fourth-order valence-corrected chi connectivity index (χ4v) is 3.43. The molecule has 1 amide bonds. The number of piperidine rings is 1. The number of carbonyl (C=O) groups excluding carboxylic acids is 1. The highest BCUT2D eigenvalue weighted by Gasteiger charge is 2.40. The van der Waals surface area contributed by atoms with E-state index in [1.165, 1.54) is 11.0 Å². The Morgan fingerprint density at radius 3 is 2.39 bits per heavy atom. The molecule has 0 aliphatic carbocycles. The van der Waals surface area contributed by atoms with E-state index in [-0.39, 0.29) is 24.3 Å². The molecule has 1 fully saturated rings. The number of H-pyrrole nitrogens is 1. The summed E-state index contributed by atoms with van der Waals surface area (Å²) < 4.78 is 76.2. The average molecular weight is 406 g/mol. The van der Waals surface area contributed by atoms with Gasteiger partial charge in [-0.2, -0.15) is 18.3 Å². The molecule has 1 N–H and O–H groups in total. The number of likely N-dealkylation sites (tertiary alicyclic amines) is 1. The normalized spacial score (nSPS) is 20.3. The van der Waals surface area contributed by atoms with Gasteiger partial charge in [0.15, 0.2) is 0 Å². The first-order valence-electron chi connectivity index (χ1n) is 8.21. The lowest BCUT2D eigenvalue weighted by Crippen LogP contribution is -2.40. The third-order valence-electron chi connectivity index (χ3n) is 4.69. The number of rotatable bonds is 2. The monoisotopic (exact) mass is 406 g/mol. The van der Waals surface area contributed by atoms with Crippen LogP contribution < -0.4 is 5.56 Å². The quantitative estimate of drug-likeness (QED) is 0.767. The summed E-state index contributed by atoms with van der Waals surface area (Å²) in [6, 6.07) is 1.35. The summed E-state index contributed by atoms with van der Waals surface area (Å²) in [6.07, 6.45) is -5.56. The number of nitrogens with zero attached hydrogens (tertiary/aromatic N) is 1. The number of nitrogens with one attached hydrogen (secondary N) is 1. The van der Waals surface area contributed by atoms with Crippen molar-refractivity contribution in [2.24, 2.45) is 0 Å². The first-order chi connectivity index (χ1) is 13.1. The fraction of sp³-hybridized carbons (Fsp3) is 0.412. The number of aromatic amines is 1. The molecule has 1 aliphatic heterocycles. The van der Waals surface area contributed by atoms with Crippen LogP contribution in [0, 0.1) is 11.6 Å². The van der Waals surface area contributed by atoms with Gasteiger partial charge in [-0.1, -0.05) is 0 Å². The van der Waals surface area contributed by atoms with Crippen molar-refractivity contribution < 1.29 is 36.0 Å². The van der Waals surface area contributed by atoms with Gasteiger partial charge >= 0.3 is 12.3 Å². The Balaban J connectivity index is 2.01. The molecule has 0 radical (unpaired) electrons. The van der Waals surface area contributed by atoms with Gasteiger partial charge in [0.25, 0.3) is 5.56 Å². The summed E-state index contributed by atoms with van der Waals surface area (Å²) >= 11 is 0. The number of ether oxygens (including phenoxy) is 1. The number of benzene rings is 1. The van der Waals surface area contributed by atoms with Crippen LogP contribution in [0.4, 0.5) is 26.7 Å². The minimum atomic E-state index is -5.20. The molecule has 2 heterocycles. The molecule has 2 atom stereocenters. The Morgan fingerprint density at radius 2 is 1.89 bits per heavy atom. The van der Waals surface area contributed by atoms with Crippen LogP contribution >= 0.6 is 0 Å². The van der Waals surface area contributed by atoms with Crippen LogP contribution in [0.2, 0.25) is 0 Å². The van der Waals surface area contributed by atoms with Crippen molar-refractivity contribution in [3.63, 3.8) is 0 Å². The largest absolute Gasteiger partial charge is 0.453 e. The second-order valence-corrected chi connectivity index (χ2v) is 6.37. The van der Waals surface area contributed by atoms with E-state index in [9.17, 15) is 31.5 Å². The summed E-state index contributed by atoms with van der Waals surface area (Å²) in [5, 5.41) is 2.13. The van der Waals surface area contributed by atoms with Crippen LogP contribution in [0.1, 0.15) is 41.7 Å². The molecule has 1 saturated heterocycles. The highest BCUT2D eigenvalue weighted by atomic mass is 19.4. The molecule has 11 heteroatoms. The molecule has 1 aromatic carbocycles. The first-order valence-corrected chi connectivity index (χ1v) is 8.21. The predicted molar refractivity (Wildman–Crippen MR) is 84.5 cm³/mol. The van der Waals surface area contributed by atoms with Gasteiger partial charge in [-0.3, -0.25) is 4.79 Å². The van der Waals surface area contributed by atoms with E-state index in [1.807, 2.05) is 0 Å². The second-order valence-electron chi connectivity index (χ2n) is 6.37. The molecule has 0 unspecified atom stereocenters. The van der Waals surface area contributed by atoms with Crippen LogP contribution in [0.25, 0.3) is 0 Å². The summed E-state index contributed by atoms with van der Waals surface area (Å²) in [6.45, 7) is 0.0845. The topological polar surface area (TPSA) is 75.5 Å². The number of hydrogen-bond donors (Lipinski definition) is 1. The lowest BCUT2D eigenvalue weighted by Gasteiger charge is -2.38. The maximum Gasteiger partial charge on any atom is 0.422 e. The van der Waals surface area contributed by atoms with Gasteiger partial charge < -0.3 is 14.2 Å². The number of carbonyl (C=O) groups is 1. The van der Waals surface area contributed by atoms with Crippen molar-refractivity contribution >= 4 is 6.09 Å². The van der Waals surface area contributed by atoms with Crippen molar-refractivity contribution in [3.8, 4) is 0 Å². The van der Waals surface area contributed by atoms with E-state index in [4.69, 9.17) is 4.52 Å². The Hall–Kier alpha value is -2.85. The Kier molecular flexibility index (Phi) is 5.18. The number of hydrogen-bond acceptors (Lipinski definition) is 4. The van der Waals surface area contributed by atoms with E-state index in [2.05, 4.69) is 9.89 Å². The van der Waals surface area contributed by atoms with E-state index >= 15 is 0 Å². The van der Waals surface area contributed by atoms with Gasteiger partial charge in [-0.15, -0.1) is 0 Å². The van der Waals surface area contributed by atoms with Crippen LogP contribution in [0.15, 0.2) is 27.5 Å². The SMILES string of the molecule is COC(=O)N1CC[C@@H](c2cc(=O)[nH]o2)C[C@H]1c1cc(F)c(C(F)(F)F)c(F)c1. The zero-order valence-electron chi connectivity index (χ0n) is 14.5. The zero-order chi connectivity index (χ0) is 20.6. The molecule has 1 aliphatic rings. The second kappa shape index (κ2) is 7.28. The maximum absolute atomic E-state index is 14.0. The molecule has 1 aromatic heterocycles. The number of amides is 1. The minimum Gasteiger partial charge on any atom is -0.453 e. The highest BCUT2D eigenvalue weighted by molar-refractivity contribution is 5.68. The summed E-state index contributed by atoms with van der Waals surface area (Å²) in [4.78, 5) is 24.5. The van der Waals surface area contributed by atoms with Crippen molar-refractivity contribution in [2.75, 3.05) is 13.7 Å². The van der Waals surface area contributed by atoms with E-state index < -0.39 is 47.0 Å². The minimum absolute atomic E-state index is 0.0696. The van der Waals surface area contributed by atoms with Crippen molar-refractivity contribution in [3.05, 3.63) is 57.1 Å². The lowest BCUT2D eigenvalue weighted by molar-refractivity contribution is -0.142. The molecule has 0 bridgehead atoms. The summed E-state index contributed by atoms with van der Waals surface area (Å²) in [5.41, 5.74) is -2.63. The number of halogens is 5. The third-order valence-corrected chi connectivity index (χ3v) is 4.69. The third kappa shape index (κ3) is 3.73. The van der Waals surface area contributed by atoms with E-state index in [0.29, 0.717) is 18.6 Å². The Labute approximate surface area is 154 Å². The van der Waals surface area contributed by atoms with Crippen molar-refractivity contribution in [2.45, 2.75) is 31.0 Å². The molecular weight excluding hydrogens is 391 g/mol. The number of aromatic nitrogens is 1. The van der Waals surface area contributed by atoms with Gasteiger partial charge in [0.1, 0.15) is 23.0 Å². The van der Waals surface area contributed by atoms with Gasteiger partial charge in [0.05, 0.1) is 13.2 Å². The summed E-state index contributed by atoms with van der Waals surface area (Å²) in [5.74, 6) is -3.66. The van der Waals surface area contributed by atoms with Gasteiger partial charge in [-0.25, -0.2) is 13.6 Å². The van der Waals surface area contributed by atoms with Crippen LogP contribution in [0.5, 0.6) is 0 Å². The molecule has 2 aromatic rings. The lowest BCUT2D eigenvalue weighted by atomic mass is 9.85. The van der Waals surface area contributed by atoms with Gasteiger partial charge in [0.2, 0.25) is 0 Å². The molecule has 0 saturated carbocycles. The van der Waals surface area contributed by atoms with Gasteiger partial charge in [0, 0.05) is 18.5 Å². The first kappa shape index (κ1) is 19.9. The summed E-state index contributed by atoms with van der Waals surface area (Å²) in [7, 11) is 1.12. The van der Waals surface area contributed by atoms with Crippen LogP contribution in [-0.4, -0.2) is 29.8 Å². The number of alkyl halides is 3. The van der Waals surface area contributed by atoms with E-state index in [0.717, 1.165) is 7.11 Å². The van der Waals surface area contributed by atoms with E-state index in [1.54, 1.807) is 0 Å². The Morgan fingerprint density at radius 1 is 1.25 bits per heavy atom. The molecule has 0 spiro atoms. The van der Waals surface area contributed by atoms with Crippen LogP contribution in [-0.2, 0) is 10.9 Å². The van der Waals surface area contributed by atoms with Crippen molar-refractivity contribution in [1.29, 1.82) is 0 Å². The average Bonchev–Trinajstić information content (AvgIpc) is 3.05. The fourth-order valence-electron chi connectivity index (χ4n) is 3.43. The highest BCUT2D eigenvalue weighted by Crippen LogP contribution is 2.41. The number of methoxy groups -OCH3 is 1. The molecule has 152 valence electrons. The Bertz CT molecular complexity index is 913. The van der Waals surface area contributed by atoms with Gasteiger partial charge in [-0.05, 0) is 30.5 Å². The molecular formula is C17H15F5N2O4. The molecule has 28 heavy (non-hydrogen) atoms. The van der Waals surface area contributed by atoms with Crippen LogP contribution in [0.3, 0.4) is 0 Å². The zero-order valence-corrected chi connectivity index (χ0v) is 14.5. The molecule has 6 nitrogen and oxygen atoms in total. The predicted octanol–water partition coefficient (Wildman–Crippen LogP) is 3.95. The van der Waals surface area contributed by atoms with Crippen molar-refractivity contribution in [1.82, 2.24) is 10.1 Å². The maximum atomic E-state index is 14.0. The standard InChI is InChI=1S/C17H15F5N2O4/c1-27-16(26)24-3-2-8(13-7-14(25)23-28-13)6-12(24)9-4-10(18)15(11(19)5-9)17(20,21)22/h4-5,7-8,12H,2-3,6H2,1H3,(H,23,25)/t8-,12+/m1/s1.